The summed E-state index contributed by atoms with van der Waals surface area (Å²) in [5.41, 5.74) is -1.97. The van der Waals surface area contributed by atoms with Gasteiger partial charge in [-0.2, -0.15) is 0 Å². The van der Waals surface area contributed by atoms with Gasteiger partial charge in [-0.3, -0.25) is 9.59 Å². The van der Waals surface area contributed by atoms with Crippen molar-refractivity contribution in [2.45, 2.75) is 68.8 Å². The monoisotopic (exact) mass is 528 g/mol. The second kappa shape index (κ2) is 8.97. The Kier molecular flexibility index (Phi) is 6.26. The Morgan fingerprint density at radius 2 is 1.94 bits per heavy atom. The number of halogens is 4. The number of nitrogens with one attached hydrogen (secondary N) is 2. The van der Waals surface area contributed by atoms with E-state index in [9.17, 15) is 14.7 Å². The molecule has 3 fully saturated rings. The van der Waals surface area contributed by atoms with E-state index in [-0.39, 0.29) is 40.8 Å². The Bertz CT molecular complexity index is 1140. The summed E-state index contributed by atoms with van der Waals surface area (Å²) in [6.45, 7) is 0. The minimum absolute atomic E-state index is 0.00856. The molecular weight excluding hydrogens is 505 g/mol. The summed E-state index contributed by atoms with van der Waals surface area (Å²) in [7, 11) is 0. The van der Waals surface area contributed by atoms with Crippen molar-refractivity contribution in [3.05, 3.63) is 45.8 Å². The molecule has 4 atom stereocenters. The molecule has 188 valence electrons. The highest BCUT2D eigenvalue weighted by atomic mass is 35.5. The predicted molar refractivity (Wildman–Crippen MR) is 121 cm³/mol. The number of hydrogen-bond donors (Lipinski definition) is 3. The largest absolute Gasteiger partial charge is 0.420 e. The van der Waals surface area contributed by atoms with Crippen LogP contribution >= 0.6 is 23.2 Å². The summed E-state index contributed by atoms with van der Waals surface area (Å²) >= 11 is 12.6. The number of aromatic nitrogens is 2. The van der Waals surface area contributed by atoms with Gasteiger partial charge in [0, 0.05) is 11.5 Å². The van der Waals surface area contributed by atoms with E-state index in [1.54, 1.807) is 0 Å². The Labute approximate surface area is 209 Å². The summed E-state index contributed by atoms with van der Waals surface area (Å²) in [5, 5.41) is 23.1. The number of aliphatic hydroxyl groups excluding tert-OH is 1. The molecule has 0 aliphatic heterocycles. The Hall–Kier alpha value is -2.30. The standard InChI is InChI=1S/C23H24Cl2F2N4O4/c24-12-1-2-13(26)16(17(12)25)18(22-3-5-23(27,9-22)6-4-22)30-19(33)11-7-14(15(32)8-11)29-20(34)21-31-28-10-35-21/h1-2,10-11,14-15,18,32H,3-9H2,(H,29,34)(H,30,33)/t11-,14-,15+,18?,22?,23?/m0/s1. The lowest BCUT2D eigenvalue weighted by Gasteiger charge is -2.38. The molecule has 0 saturated heterocycles. The summed E-state index contributed by atoms with van der Waals surface area (Å²) in [4.78, 5) is 25.6. The van der Waals surface area contributed by atoms with Gasteiger partial charge in [-0.1, -0.05) is 23.2 Å². The van der Waals surface area contributed by atoms with Crippen LogP contribution in [0.3, 0.4) is 0 Å². The average Bonchev–Trinajstić information content (AvgIpc) is 3.60. The average molecular weight is 529 g/mol. The van der Waals surface area contributed by atoms with Crippen LogP contribution in [0.2, 0.25) is 10.0 Å². The molecule has 3 saturated carbocycles. The van der Waals surface area contributed by atoms with Gasteiger partial charge in [0.05, 0.1) is 28.2 Å². The van der Waals surface area contributed by atoms with E-state index >= 15 is 8.78 Å². The van der Waals surface area contributed by atoms with Crippen LogP contribution in [0.4, 0.5) is 8.78 Å². The van der Waals surface area contributed by atoms with Crippen molar-refractivity contribution in [2.75, 3.05) is 0 Å². The third kappa shape index (κ3) is 4.40. The molecule has 12 heteroatoms. The zero-order chi connectivity index (χ0) is 25.0. The maximum Gasteiger partial charge on any atom is 0.309 e. The second-order valence-electron chi connectivity index (χ2n) is 9.95. The van der Waals surface area contributed by atoms with E-state index in [0.717, 1.165) is 6.39 Å². The quantitative estimate of drug-likeness (QED) is 0.489. The molecule has 1 aromatic carbocycles. The van der Waals surface area contributed by atoms with Crippen LogP contribution in [0.1, 0.15) is 67.2 Å². The van der Waals surface area contributed by atoms with Crippen LogP contribution in [-0.2, 0) is 4.79 Å². The third-order valence-corrected chi connectivity index (χ3v) is 8.67. The lowest BCUT2D eigenvalue weighted by molar-refractivity contribution is -0.127. The van der Waals surface area contributed by atoms with Gasteiger partial charge in [0.2, 0.25) is 12.3 Å². The van der Waals surface area contributed by atoms with Crippen LogP contribution < -0.4 is 10.6 Å². The van der Waals surface area contributed by atoms with Crippen LogP contribution in [-0.4, -0.2) is 44.9 Å². The molecule has 3 aliphatic rings. The van der Waals surface area contributed by atoms with Crippen LogP contribution in [0.5, 0.6) is 0 Å². The van der Waals surface area contributed by atoms with Gasteiger partial charge in [0.15, 0.2) is 0 Å². The molecular formula is C23H24Cl2F2N4O4. The zero-order valence-corrected chi connectivity index (χ0v) is 20.1. The van der Waals surface area contributed by atoms with E-state index < -0.39 is 52.8 Å². The molecule has 0 radical (unpaired) electrons. The van der Waals surface area contributed by atoms with Gasteiger partial charge in [-0.25, -0.2) is 8.78 Å². The first-order chi connectivity index (χ1) is 16.6. The minimum atomic E-state index is -1.34. The van der Waals surface area contributed by atoms with Crippen LogP contribution in [0.15, 0.2) is 22.9 Å². The number of amides is 2. The SMILES string of the molecule is O=C(N[C@H]1C[C@H](C(=O)NC(c2c(F)ccc(Cl)c2Cl)C23CCC(F)(CC2)C3)C[C@H]1O)c1nnco1. The molecule has 8 nitrogen and oxygen atoms in total. The summed E-state index contributed by atoms with van der Waals surface area (Å²) in [6, 6.07) is 0.926. The Morgan fingerprint density at radius 1 is 1.20 bits per heavy atom. The highest BCUT2D eigenvalue weighted by Gasteiger charge is 2.59. The maximum absolute atomic E-state index is 15.1. The van der Waals surface area contributed by atoms with Gasteiger partial charge < -0.3 is 20.2 Å². The van der Waals surface area contributed by atoms with E-state index in [1.165, 1.54) is 12.1 Å². The topological polar surface area (TPSA) is 117 Å². The minimum Gasteiger partial charge on any atom is -0.420 e. The number of aliphatic hydroxyl groups is 1. The molecule has 35 heavy (non-hydrogen) atoms. The first kappa shape index (κ1) is 24.4. The zero-order valence-electron chi connectivity index (χ0n) is 18.6. The first-order valence-corrected chi connectivity index (χ1v) is 12.2. The molecule has 0 spiro atoms. The van der Waals surface area contributed by atoms with E-state index in [0.29, 0.717) is 25.7 Å². The molecule has 3 aliphatic carbocycles. The fraction of sp³-hybridized carbons (Fsp3) is 0.565. The number of rotatable bonds is 6. The fourth-order valence-electron chi connectivity index (χ4n) is 6.06. The summed E-state index contributed by atoms with van der Waals surface area (Å²) < 4.78 is 35.0. The van der Waals surface area contributed by atoms with Crippen molar-refractivity contribution in [1.29, 1.82) is 0 Å². The highest BCUT2D eigenvalue weighted by Crippen LogP contribution is 2.64. The number of carbonyl (C=O) groups excluding carboxylic acids is 2. The molecule has 2 bridgehead atoms. The van der Waals surface area contributed by atoms with E-state index in [2.05, 4.69) is 20.8 Å². The lowest BCUT2D eigenvalue weighted by Crippen LogP contribution is -2.42. The van der Waals surface area contributed by atoms with Crippen molar-refractivity contribution >= 4 is 35.0 Å². The maximum atomic E-state index is 15.1. The van der Waals surface area contributed by atoms with Crippen molar-refractivity contribution in [3.8, 4) is 0 Å². The smallest absolute Gasteiger partial charge is 0.309 e. The van der Waals surface area contributed by atoms with Gasteiger partial charge >= 0.3 is 11.8 Å². The molecule has 1 unspecified atom stereocenters. The number of benzene rings is 1. The van der Waals surface area contributed by atoms with Crippen molar-refractivity contribution in [3.63, 3.8) is 0 Å². The van der Waals surface area contributed by atoms with Gasteiger partial charge in [-0.15, -0.1) is 10.2 Å². The first-order valence-electron chi connectivity index (χ1n) is 11.5. The summed E-state index contributed by atoms with van der Waals surface area (Å²) in [6.07, 6.45) is 2.08. The summed E-state index contributed by atoms with van der Waals surface area (Å²) in [5.74, 6) is -2.65. The predicted octanol–water partition coefficient (Wildman–Crippen LogP) is 3.91. The third-order valence-electron chi connectivity index (χ3n) is 7.85. The molecule has 2 amide bonds. The van der Waals surface area contributed by atoms with E-state index in [4.69, 9.17) is 27.6 Å². The van der Waals surface area contributed by atoms with Crippen molar-refractivity contribution in [2.24, 2.45) is 11.3 Å². The van der Waals surface area contributed by atoms with Crippen molar-refractivity contribution < 1.29 is 27.9 Å². The molecule has 1 heterocycles. The Balaban J connectivity index is 1.37. The van der Waals surface area contributed by atoms with Gasteiger partial charge in [0.25, 0.3) is 0 Å². The van der Waals surface area contributed by atoms with E-state index in [1.807, 2.05) is 0 Å². The van der Waals surface area contributed by atoms with Crippen LogP contribution in [0.25, 0.3) is 0 Å². The number of hydrogen-bond acceptors (Lipinski definition) is 6. The van der Waals surface area contributed by atoms with Crippen molar-refractivity contribution in [1.82, 2.24) is 20.8 Å². The number of carbonyl (C=O) groups is 2. The number of nitrogens with zero attached hydrogens (tertiary/aromatic N) is 2. The van der Waals surface area contributed by atoms with Crippen LogP contribution in [0, 0.1) is 17.2 Å². The number of fused-ring (bicyclic) bond motifs is 2. The molecule has 3 N–H and O–H groups in total. The molecule has 5 rings (SSSR count). The molecule has 2 aromatic rings. The number of alkyl halides is 1. The second-order valence-corrected chi connectivity index (χ2v) is 10.7. The van der Waals surface area contributed by atoms with Gasteiger partial charge in [0.1, 0.15) is 11.5 Å². The van der Waals surface area contributed by atoms with Gasteiger partial charge in [-0.05, 0) is 62.5 Å². The normalized spacial score (nSPS) is 32.5. The fourth-order valence-corrected chi connectivity index (χ4v) is 6.48. The highest BCUT2D eigenvalue weighted by molar-refractivity contribution is 6.42. The molecule has 1 aromatic heterocycles. The Morgan fingerprint density at radius 3 is 2.57 bits per heavy atom. The lowest BCUT2D eigenvalue weighted by atomic mass is 9.74.